The predicted octanol–water partition coefficient (Wildman–Crippen LogP) is 4.50. The molecule has 0 unspecified atom stereocenters. The number of aromatic nitrogens is 3. The number of thiazole rings is 1. The van der Waals surface area contributed by atoms with Crippen LogP contribution in [0.25, 0.3) is 5.57 Å². The summed E-state index contributed by atoms with van der Waals surface area (Å²) in [6.45, 7) is 4.80. The van der Waals surface area contributed by atoms with E-state index in [9.17, 15) is 4.79 Å². The molecule has 2 heterocycles. The first-order valence-corrected chi connectivity index (χ1v) is 10.2. The molecule has 29 heavy (non-hydrogen) atoms. The molecule has 148 valence electrons. The Morgan fingerprint density at radius 2 is 2.07 bits per heavy atom. The molecule has 3 aromatic rings. The first kappa shape index (κ1) is 19.1. The van der Waals surface area contributed by atoms with Crippen molar-refractivity contribution in [2.24, 2.45) is 0 Å². The lowest BCUT2D eigenvalue weighted by atomic mass is 10.1. The SMILES string of the molecule is CC1=CCc2ncnc(NCCc3cnc(NC(=O)Nc4cccc(C)c4)s3)c21. The Morgan fingerprint density at radius 3 is 2.93 bits per heavy atom. The van der Waals surface area contributed by atoms with Gasteiger partial charge in [-0.2, -0.15) is 0 Å². The highest BCUT2D eigenvalue weighted by molar-refractivity contribution is 7.15. The van der Waals surface area contributed by atoms with E-state index in [-0.39, 0.29) is 6.03 Å². The van der Waals surface area contributed by atoms with Crippen molar-refractivity contribution in [3.63, 3.8) is 0 Å². The Morgan fingerprint density at radius 1 is 1.17 bits per heavy atom. The van der Waals surface area contributed by atoms with Crippen molar-refractivity contribution in [3.8, 4) is 0 Å². The maximum Gasteiger partial charge on any atom is 0.325 e. The molecule has 0 aliphatic heterocycles. The molecular formula is C21H22N6OS. The van der Waals surface area contributed by atoms with Gasteiger partial charge in [-0.1, -0.05) is 18.2 Å². The lowest BCUT2D eigenvalue weighted by molar-refractivity contribution is 0.262. The minimum absolute atomic E-state index is 0.298. The summed E-state index contributed by atoms with van der Waals surface area (Å²) in [7, 11) is 0. The molecule has 4 rings (SSSR count). The summed E-state index contributed by atoms with van der Waals surface area (Å²) in [6, 6.07) is 7.36. The summed E-state index contributed by atoms with van der Waals surface area (Å²) < 4.78 is 0. The van der Waals surface area contributed by atoms with Crippen LogP contribution in [0.15, 0.2) is 42.9 Å². The van der Waals surface area contributed by atoms with E-state index >= 15 is 0 Å². The van der Waals surface area contributed by atoms with Gasteiger partial charge >= 0.3 is 6.03 Å². The van der Waals surface area contributed by atoms with Crippen LogP contribution < -0.4 is 16.0 Å². The maximum atomic E-state index is 12.2. The van der Waals surface area contributed by atoms with Gasteiger partial charge in [0.1, 0.15) is 12.1 Å². The van der Waals surface area contributed by atoms with Crippen molar-refractivity contribution in [3.05, 3.63) is 64.6 Å². The zero-order valence-corrected chi connectivity index (χ0v) is 17.1. The van der Waals surface area contributed by atoms with Crippen molar-refractivity contribution in [2.45, 2.75) is 26.7 Å². The van der Waals surface area contributed by atoms with Crippen molar-refractivity contribution >= 4 is 39.6 Å². The number of amides is 2. The predicted molar refractivity (Wildman–Crippen MR) is 118 cm³/mol. The Kier molecular flexibility index (Phi) is 5.53. The van der Waals surface area contributed by atoms with Gasteiger partial charge in [0.2, 0.25) is 0 Å². The van der Waals surface area contributed by atoms with Crippen LogP contribution in [-0.2, 0) is 12.8 Å². The third kappa shape index (κ3) is 4.60. The summed E-state index contributed by atoms with van der Waals surface area (Å²) >= 11 is 1.47. The van der Waals surface area contributed by atoms with Crippen LogP contribution in [0, 0.1) is 6.92 Å². The van der Waals surface area contributed by atoms with Crippen LogP contribution in [0.4, 0.5) is 21.4 Å². The number of hydrogen-bond acceptors (Lipinski definition) is 6. The van der Waals surface area contributed by atoms with E-state index in [2.05, 4.69) is 43.9 Å². The van der Waals surface area contributed by atoms with Crippen LogP contribution in [0.2, 0.25) is 0 Å². The average molecular weight is 407 g/mol. The smallest absolute Gasteiger partial charge is 0.325 e. The van der Waals surface area contributed by atoms with Crippen LogP contribution in [-0.4, -0.2) is 27.5 Å². The van der Waals surface area contributed by atoms with Gasteiger partial charge in [0.05, 0.1) is 5.69 Å². The average Bonchev–Trinajstić information content (AvgIpc) is 3.29. The fourth-order valence-corrected chi connectivity index (χ4v) is 4.05. The third-order valence-corrected chi connectivity index (χ3v) is 5.61. The first-order chi connectivity index (χ1) is 14.1. The maximum absolute atomic E-state index is 12.2. The molecule has 8 heteroatoms. The number of allylic oxidation sites excluding steroid dienone is 2. The number of fused-ring (bicyclic) bond motifs is 1. The zero-order valence-electron chi connectivity index (χ0n) is 16.3. The highest BCUT2D eigenvalue weighted by Gasteiger charge is 2.17. The number of urea groups is 1. The molecule has 0 saturated heterocycles. The van der Waals surface area contributed by atoms with Gasteiger partial charge < -0.3 is 10.6 Å². The van der Waals surface area contributed by atoms with Crippen LogP contribution in [0.1, 0.15) is 28.6 Å². The van der Waals surface area contributed by atoms with Gasteiger partial charge in [0, 0.05) is 41.7 Å². The van der Waals surface area contributed by atoms with Gasteiger partial charge in [0.25, 0.3) is 0 Å². The molecule has 1 aromatic carbocycles. The molecule has 2 amide bonds. The Balaban J connectivity index is 1.29. The molecule has 0 saturated carbocycles. The molecule has 2 aromatic heterocycles. The number of carbonyl (C=O) groups is 1. The first-order valence-electron chi connectivity index (χ1n) is 9.43. The fourth-order valence-electron chi connectivity index (χ4n) is 3.24. The monoisotopic (exact) mass is 406 g/mol. The highest BCUT2D eigenvalue weighted by atomic mass is 32.1. The highest BCUT2D eigenvalue weighted by Crippen LogP contribution is 2.30. The van der Waals surface area contributed by atoms with Gasteiger partial charge in [-0.05, 0) is 37.1 Å². The minimum Gasteiger partial charge on any atom is -0.369 e. The Hall–Kier alpha value is -3.26. The van der Waals surface area contributed by atoms with Gasteiger partial charge in [0.15, 0.2) is 5.13 Å². The molecule has 0 bridgehead atoms. The molecule has 0 radical (unpaired) electrons. The number of rotatable bonds is 6. The third-order valence-electron chi connectivity index (χ3n) is 4.64. The van der Waals surface area contributed by atoms with Crippen LogP contribution in [0.3, 0.4) is 0 Å². The molecule has 0 fully saturated rings. The number of aryl methyl sites for hydroxylation is 1. The van der Waals surface area contributed by atoms with E-state index in [1.807, 2.05) is 31.2 Å². The largest absolute Gasteiger partial charge is 0.369 e. The molecule has 0 atom stereocenters. The van der Waals surface area contributed by atoms with Crippen molar-refractivity contribution in [1.82, 2.24) is 15.0 Å². The standard InChI is InChI=1S/C21H22N6OS/c1-13-4-3-5-15(10-13)26-20(28)27-21-23-11-16(29-21)8-9-22-19-18-14(2)6-7-17(18)24-12-25-19/h3-6,10-12H,7-9H2,1-2H3,(H,22,24,25)(H2,23,26,27,28). The molecule has 0 spiro atoms. The van der Waals surface area contributed by atoms with Gasteiger partial charge in [-0.25, -0.2) is 19.7 Å². The van der Waals surface area contributed by atoms with E-state index in [0.717, 1.165) is 52.6 Å². The van der Waals surface area contributed by atoms with E-state index in [1.54, 1.807) is 12.5 Å². The normalized spacial score (nSPS) is 12.3. The zero-order chi connectivity index (χ0) is 20.2. The molecule has 7 nitrogen and oxygen atoms in total. The lowest BCUT2D eigenvalue weighted by Gasteiger charge is -2.10. The second-order valence-corrected chi connectivity index (χ2v) is 8.01. The summed E-state index contributed by atoms with van der Waals surface area (Å²) in [5.41, 5.74) is 5.25. The molecule has 3 N–H and O–H groups in total. The van der Waals surface area contributed by atoms with Crippen molar-refractivity contribution < 1.29 is 4.79 Å². The van der Waals surface area contributed by atoms with E-state index in [1.165, 1.54) is 16.9 Å². The van der Waals surface area contributed by atoms with E-state index in [0.29, 0.717) is 5.13 Å². The van der Waals surface area contributed by atoms with Crippen LogP contribution in [0.5, 0.6) is 0 Å². The number of carbonyl (C=O) groups excluding carboxylic acids is 1. The number of anilines is 3. The summed E-state index contributed by atoms with van der Waals surface area (Å²) in [5, 5.41) is 9.58. The van der Waals surface area contributed by atoms with E-state index in [4.69, 9.17) is 0 Å². The number of nitrogens with one attached hydrogen (secondary N) is 3. The summed E-state index contributed by atoms with van der Waals surface area (Å²) in [6.07, 6.45) is 7.24. The summed E-state index contributed by atoms with van der Waals surface area (Å²) in [4.78, 5) is 26.3. The van der Waals surface area contributed by atoms with Crippen molar-refractivity contribution in [1.29, 1.82) is 0 Å². The lowest BCUT2D eigenvalue weighted by Crippen LogP contribution is -2.19. The van der Waals surface area contributed by atoms with Gasteiger partial charge in [-0.3, -0.25) is 5.32 Å². The summed E-state index contributed by atoms with van der Waals surface area (Å²) in [5.74, 6) is 0.877. The number of benzene rings is 1. The molecule has 1 aliphatic carbocycles. The number of hydrogen-bond donors (Lipinski definition) is 3. The fraction of sp³-hybridized carbons (Fsp3) is 0.238. The van der Waals surface area contributed by atoms with Crippen LogP contribution >= 0.6 is 11.3 Å². The minimum atomic E-state index is -0.298. The Labute approximate surface area is 173 Å². The van der Waals surface area contributed by atoms with E-state index < -0.39 is 0 Å². The molecular weight excluding hydrogens is 384 g/mol. The topological polar surface area (TPSA) is 91.8 Å². The quantitative estimate of drug-likeness (QED) is 0.561. The van der Waals surface area contributed by atoms with Crippen molar-refractivity contribution in [2.75, 3.05) is 22.5 Å². The second-order valence-electron chi connectivity index (χ2n) is 6.89. The molecule has 1 aliphatic rings. The van der Waals surface area contributed by atoms with Gasteiger partial charge in [-0.15, -0.1) is 11.3 Å². The second kappa shape index (κ2) is 8.40. The number of nitrogens with zero attached hydrogens (tertiary/aromatic N) is 3. The Bertz CT molecular complexity index is 1070.